The van der Waals surface area contributed by atoms with E-state index in [-0.39, 0.29) is 12.1 Å². The summed E-state index contributed by atoms with van der Waals surface area (Å²) in [5.41, 5.74) is 10.6. The molecule has 3 aromatic rings. The number of hydrogen-bond acceptors (Lipinski definition) is 4. The number of aliphatic imine (C=N–C) groups is 1. The Morgan fingerprint density at radius 1 is 1.03 bits per heavy atom. The summed E-state index contributed by atoms with van der Waals surface area (Å²) < 4.78 is 0. The Labute approximate surface area is 195 Å². The molecule has 1 unspecified atom stereocenters. The van der Waals surface area contributed by atoms with Gasteiger partial charge in [-0.25, -0.2) is 0 Å². The molecule has 164 valence electrons. The molecule has 3 aromatic carbocycles. The van der Waals surface area contributed by atoms with Gasteiger partial charge in [-0.1, -0.05) is 60.6 Å². The maximum absolute atomic E-state index is 6.43. The van der Waals surface area contributed by atoms with Crippen molar-refractivity contribution in [2.75, 3.05) is 25.0 Å². The van der Waals surface area contributed by atoms with Gasteiger partial charge in [-0.05, 0) is 47.4 Å². The zero-order valence-electron chi connectivity index (χ0n) is 18.5. The molecule has 0 aliphatic carbocycles. The Balaban J connectivity index is 1.56. The van der Waals surface area contributed by atoms with Crippen molar-refractivity contribution in [2.24, 2.45) is 10.7 Å². The minimum atomic E-state index is -0.0575. The van der Waals surface area contributed by atoms with Crippen LogP contribution in [0.15, 0.2) is 77.9 Å². The van der Waals surface area contributed by atoms with Gasteiger partial charge in [0, 0.05) is 48.9 Å². The Bertz CT molecular complexity index is 1190. The largest absolute Gasteiger partial charge is 0.356 e. The molecule has 1 atom stereocenters. The fraction of sp³-hybridized carbons (Fsp3) is 0.296. The molecule has 2 heterocycles. The molecule has 5 rings (SSSR count). The molecule has 0 amide bonds. The van der Waals surface area contributed by atoms with E-state index in [4.69, 9.17) is 22.3 Å². The number of halogens is 1. The third-order valence-electron chi connectivity index (χ3n) is 6.74. The average molecular weight is 445 g/mol. The minimum absolute atomic E-state index is 0.0575. The SMILES string of the molecule is C=C1C(Cc2ccc3ccccc3c2)N=C(N2CCC(N)CC2)c2cc(Cl)ccc2N1C. The minimum Gasteiger partial charge on any atom is -0.356 e. The molecule has 1 fully saturated rings. The van der Waals surface area contributed by atoms with Gasteiger partial charge in [-0.2, -0.15) is 0 Å². The van der Waals surface area contributed by atoms with E-state index in [2.05, 4.69) is 72.0 Å². The lowest BCUT2D eigenvalue weighted by Gasteiger charge is -2.33. The number of rotatable bonds is 2. The van der Waals surface area contributed by atoms with Gasteiger partial charge in [0.25, 0.3) is 0 Å². The number of nitrogens with two attached hydrogens (primary N) is 1. The molecule has 0 aromatic heterocycles. The summed E-state index contributed by atoms with van der Waals surface area (Å²) in [4.78, 5) is 9.86. The van der Waals surface area contributed by atoms with Crippen molar-refractivity contribution >= 4 is 33.9 Å². The normalized spacial score (nSPS) is 19.7. The molecule has 0 spiro atoms. The second-order valence-electron chi connectivity index (χ2n) is 8.89. The van der Waals surface area contributed by atoms with Crippen molar-refractivity contribution in [1.82, 2.24) is 4.90 Å². The van der Waals surface area contributed by atoms with Gasteiger partial charge in [-0.3, -0.25) is 4.99 Å². The molecule has 2 aliphatic heterocycles. The molecule has 1 saturated heterocycles. The summed E-state index contributed by atoms with van der Waals surface area (Å²) in [7, 11) is 2.08. The van der Waals surface area contributed by atoms with Crippen LogP contribution in [0.25, 0.3) is 10.8 Å². The number of fused-ring (bicyclic) bond motifs is 2. The summed E-state index contributed by atoms with van der Waals surface area (Å²) >= 11 is 6.43. The fourth-order valence-electron chi connectivity index (χ4n) is 4.77. The van der Waals surface area contributed by atoms with Crippen molar-refractivity contribution in [3.05, 3.63) is 89.1 Å². The van der Waals surface area contributed by atoms with E-state index in [1.165, 1.54) is 16.3 Å². The number of nitrogens with zero attached hydrogens (tertiary/aromatic N) is 3. The van der Waals surface area contributed by atoms with Gasteiger partial charge in [0.15, 0.2) is 0 Å². The van der Waals surface area contributed by atoms with Crippen LogP contribution in [0.4, 0.5) is 5.69 Å². The number of piperidine rings is 1. The maximum atomic E-state index is 6.43. The highest BCUT2D eigenvalue weighted by molar-refractivity contribution is 6.31. The summed E-state index contributed by atoms with van der Waals surface area (Å²) in [5, 5.41) is 3.22. The Kier molecular flexibility index (Phi) is 5.66. The predicted molar refractivity (Wildman–Crippen MR) is 136 cm³/mol. The number of benzene rings is 3. The second kappa shape index (κ2) is 8.61. The van der Waals surface area contributed by atoms with Crippen LogP contribution in [0.5, 0.6) is 0 Å². The van der Waals surface area contributed by atoms with E-state index in [1.807, 2.05) is 12.1 Å². The van der Waals surface area contributed by atoms with Crippen LogP contribution in [-0.4, -0.2) is 43.0 Å². The lowest BCUT2D eigenvalue weighted by molar-refractivity contribution is 0.313. The summed E-state index contributed by atoms with van der Waals surface area (Å²) in [6.45, 7) is 6.27. The van der Waals surface area contributed by atoms with Crippen LogP contribution in [0.3, 0.4) is 0 Å². The molecule has 4 nitrogen and oxygen atoms in total. The quantitative estimate of drug-likeness (QED) is 0.588. The topological polar surface area (TPSA) is 44.9 Å². The molecular formula is C27H29ClN4. The highest BCUT2D eigenvalue weighted by Gasteiger charge is 2.30. The average Bonchev–Trinajstić information content (AvgIpc) is 2.90. The van der Waals surface area contributed by atoms with E-state index in [0.717, 1.165) is 60.2 Å². The van der Waals surface area contributed by atoms with Crippen molar-refractivity contribution in [3.8, 4) is 0 Å². The number of hydrogen-bond donors (Lipinski definition) is 1. The Morgan fingerprint density at radius 2 is 1.78 bits per heavy atom. The van der Waals surface area contributed by atoms with Crippen molar-refractivity contribution in [3.63, 3.8) is 0 Å². The van der Waals surface area contributed by atoms with Gasteiger partial charge in [0.2, 0.25) is 0 Å². The molecule has 5 heteroatoms. The lowest BCUT2D eigenvalue weighted by atomic mass is 10.00. The number of likely N-dealkylation sites (tertiary alicyclic amines) is 1. The van der Waals surface area contributed by atoms with E-state index in [0.29, 0.717) is 0 Å². The number of benzodiazepines with no additional fused rings is 1. The monoisotopic (exact) mass is 444 g/mol. The zero-order chi connectivity index (χ0) is 22.2. The van der Waals surface area contributed by atoms with Crippen LogP contribution < -0.4 is 10.6 Å². The molecule has 32 heavy (non-hydrogen) atoms. The molecule has 2 N–H and O–H groups in total. The van der Waals surface area contributed by atoms with E-state index >= 15 is 0 Å². The predicted octanol–water partition coefficient (Wildman–Crippen LogP) is 5.24. The Hall–Kier alpha value is -2.82. The second-order valence-corrected chi connectivity index (χ2v) is 9.33. The number of anilines is 1. The third-order valence-corrected chi connectivity index (χ3v) is 6.97. The van der Waals surface area contributed by atoms with E-state index in [1.54, 1.807) is 0 Å². The first-order chi connectivity index (χ1) is 15.5. The van der Waals surface area contributed by atoms with Crippen LogP contribution in [-0.2, 0) is 6.42 Å². The fourth-order valence-corrected chi connectivity index (χ4v) is 4.94. The highest BCUT2D eigenvalue weighted by atomic mass is 35.5. The van der Waals surface area contributed by atoms with Gasteiger partial charge in [0.05, 0.1) is 11.7 Å². The molecule has 0 saturated carbocycles. The smallest absolute Gasteiger partial charge is 0.133 e. The highest BCUT2D eigenvalue weighted by Crippen LogP contribution is 2.34. The van der Waals surface area contributed by atoms with Crippen molar-refractivity contribution in [2.45, 2.75) is 31.3 Å². The summed E-state index contributed by atoms with van der Waals surface area (Å²) in [5.74, 6) is 1.01. The zero-order valence-corrected chi connectivity index (χ0v) is 19.2. The summed E-state index contributed by atoms with van der Waals surface area (Å²) in [6.07, 6.45) is 2.74. The molecule has 0 radical (unpaired) electrons. The number of likely N-dealkylation sites (N-methyl/N-ethyl adjacent to an activating group) is 1. The van der Waals surface area contributed by atoms with E-state index < -0.39 is 0 Å². The first-order valence-corrected chi connectivity index (χ1v) is 11.7. The van der Waals surface area contributed by atoms with Crippen molar-refractivity contribution in [1.29, 1.82) is 0 Å². The van der Waals surface area contributed by atoms with Gasteiger partial charge in [-0.15, -0.1) is 0 Å². The van der Waals surface area contributed by atoms with Gasteiger partial charge in [0.1, 0.15) is 5.84 Å². The van der Waals surface area contributed by atoms with E-state index in [9.17, 15) is 0 Å². The first kappa shape index (κ1) is 21.0. The first-order valence-electron chi connectivity index (χ1n) is 11.3. The maximum Gasteiger partial charge on any atom is 0.133 e. The Morgan fingerprint density at radius 3 is 2.56 bits per heavy atom. The van der Waals surface area contributed by atoms with Crippen LogP contribution in [0, 0.1) is 0 Å². The van der Waals surface area contributed by atoms with Crippen LogP contribution in [0.1, 0.15) is 24.0 Å². The summed E-state index contributed by atoms with van der Waals surface area (Å²) in [6, 6.07) is 21.4. The molecule has 0 bridgehead atoms. The third kappa shape index (κ3) is 4.01. The van der Waals surface area contributed by atoms with Crippen molar-refractivity contribution < 1.29 is 0 Å². The van der Waals surface area contributed by atoms with Gasteiger partial charge < -0.3 is 15.5 Å². The lowest BCUT2D eigenvalue weighted by Crippen LogP contribution is -2.43. The van der Waals surface area contributed by atoms with Crippen LogP contribution >= 0.6 is 11.6 Å². The van der Waals surface area contributed by atoms with Gasteiger partial charge >= 0.3 is 0 Å². The standard InChI is InChI=1S/C27H29ClN4/c1-18-25(16-19-7-8-20-5-3-4-6-21(20)15-19)30-27(32-13-11-23(29)12-14-32)24-17-22(28)9-10-26(24)31(18)2/h3-10,15,17,23,25H,1,11-14,16,29H2,2H3. The van der Waals surface area contributed by atoms with Crippen LogP contribution in [0.2, 0.25) is 5.02 Å². The number of amidine groups is 1. The molecule has 2 aliphatic rings. The molecular weight excluding hydrogens is 416 g/mol.